The Morgan fingerprint density at radius 2 is 1.95 bits per heavy atom. The Hall–Kier alpha value is -2.12. The van der Waals surface area contributed by atoms with Crippen molar-refractivity contribution in [3.05, 3.63) is 52.5 Å². The predicted molar refractivity (Wildman–Crippen MR) is 90.9 cm³/mol. The van der Waals surface area contributed by atoms with Gasteiger partial charge in [-0.25, -0.2) is 0 Å². The summed E-state index contributed by atoms with van der Waals surface area (Å²) < 4.78 is 0.934. The molecular weight excluding hydrogens is 354 g/mol. The van der Waals surface area contributed by atoms with Crippen molar-refractivity contribution in [2.24, 2.45) is 5.10 Å². The van der Waals surface area contributed by atoms with Crippen LogP contribution in [0.25, 0.3) is 0 Å². The molecule has 7 heteroatoms. The summed E-state index contributed by atoms with van der Waals surface area (Å²) in [6, 6.07) is 12.1. The van der Waals surface area contributed by atoms with Crippen LogP contribution in [-0.2, 0) is 0 Å². The van der Waals surface area contributed by atoms with Crippen LogP contribution in [0.1, 0.15) is 5.56 Å². The van der Waals surface area contributed by atoms with E-state index in [1.54, 1.807) is 12.1 Å². The largest absolute Gasteiger partial charge is 0.504 e. The Morgan fingerprint density at radius 1 is 1.19 bits per heavy atom. The number of nitrogens with one attached hydrogen (secondary N) is 2. The molecule has 108 valence electrons. The zero-order valence-corrected chi connectivity index (χ0v) is 13.1. The molecule has 0 radical (unpaired) electrons. The molecule has 2 aromatic carbocycles. The fraction of sp³-hybridized carbons (Fsp3) is 0. The summed E-state index contributed by atoms with van der Waals surface area (Å²) in [7, 11) is 0. The highest BCUT2D eigenvalue weighted by molar-refractivity contribution is 9.10. The van der Waals surface area contributed by atoms with Crippen LogP contribution >= 0.6 is 28.1 Å². The molecule has 4 N–H and O–H groups in total. The Morgan fingerprint density at radius 3 is 2.71 bits per heavy atom. The van der Waals surface area contributed by atoms with Gasteiger partial charge in [0.2, 0.25) is 0 Å². The average molecular weight is 366 g/mol. The molecule has 0 unspecified atom stereocenters. The van der Waals surface area contributed by atoms with Crippen molar-refractivity contribution in [2.75, 3.05) is 5.32 Å². The number of hydrogen-bond donors (Lipinski definition) is 4. The van der Waals surface area contributed by atoms with Gasteiger partial charge in [-0.1, -0.05) is 28.1 Å². The summed E-state index contributed by atoms with van der Waals surface area (Å²) in [5.74, 6) is -0.428. The van der Waals surface area contributed by atoms with Crippen LogP contribution < -0.4 is 10.7 Å². The summed E-state index contributed by atoms with van der Waals surface area (Å²) in [6.07, 6.45) is 1.37. The van der Waals surface area contributed by atoms with Gasteiger partial charge in [-0.05, 0) is 42.5 Å². The maximum Gasteiger partial charge on any atom is 0.191 e. The number of thiocarbonyl (C=S) groups is 1. The molecule has 0 saturated heterocycles. The minimum atomic E-state index is -0.228. The van der Waals surface area contributed by atoms with Gasteiger partial charge >= 0.3 is 0 Å². The molecule has 0 aliphatic carbocycles. The molecule has 0 fully saturated rings. The molecule has 2 rings (SSSR count). The van der Waals surface area contributed by atoms with Gasteiger partial charge in [-0.15, -0.1) is 0 Å². The van der Waals surface area contributed by atoms with E-state index < -0.39 is 0 Å². The van der Waals surface area contributed by atoms with Gasteiger partial charge in [0.25, 0.3) is 0 Å². The maximum absolute atomic E-state index is 9.61. The molecule has 0 aliphatic rings. The minimum absolute atomic E-state index is 0.200. The van der Waals surface area contributed by atoms with E-state index in [9.17, 15) is 10.2 Å². The molecule has 0 spiro atoms. The van der Waals surface area contributed by atoms with E-state index in [1.807, 2.05) is 24.3 Å². The second-order valence-electron chi connectivity index (χ2n) is 4.05. The number of aromatic hydroxyl groups is 2. The number of hydrogen-bond acceptors (Lipinski definition) is 4. The average Bonchev–Trinajstić information content (AvgIpc) is 2.43. The standard InChI is InChI=1S/C14H12BrN3O2S/c15-10-4-2-5-11(7-10)17-14(21)18-16-8-9-3-1-6-12(19)13(9)20/h1-8,19-20H,(H2,17,18,21)/b16-8+. The van der Waals surface area contributed by atoms with Crippen LogP contribution in [0.15, 0.2) is 52.0 Å². The quantitative estimate of drug-likeness (QED) is 0.291. The molecule has 0 saturated carbocycles. The van der Waals surface area contributed by atoms with Crippen molar-refractivity contribution in [3.8, 4) is 11.5 Å². The molecule has 0 heterocycles. The van der Waals surface area contributed by atoms with Crippen LogP contribution in [0, 0.1) is 0 Å². The van der Waals surface area contributed by atoms with E-state index in [2.05, 4.69) is 31.8 Å². The molecule has 21 heavy (non-hydrogen) atoms. The van der Waals surface area contributed by atoms with Crippen LogP contribution in [0.2, 0.25) is 0 Å². The topological polar surface area (TPSA) is 76.9 Å². The molecule has 0 aromatic heterocycles. The smallest absolute Gasteiger partial charge is 0.191 e. The molecule has 0 aliphatic heterocycles. The zero-order chi connectivity index (χ0) is 15.2. The highest BCUT2D eigenvalue weighted by Crippen LogP contribution is 2.26. The van der Waals surface area contributed by atoms with E-state index in [-0.39, 0.29) is 11.5 Å². The van der Waals surface area contributed by atoms with E-state index in [1.165, 1.54) is 12.3 Å². The zero-order valence-electron chi connectivity index (χ0n) is 10.7. The lowest BCUT2D eigenvalue weighted by molar-refractivity contribution is 0.403. The third-order valence-electron chi connectivity index (χ3n) is 2.50. The van der Waals surface area contributed by atoms with E-state index >= 15 is 0 Å². The van der Waals surface area contributed by atoms with Crippen molar-refractivity contribution >= 4 is 45.2 Å². The normalized spacial score (nSPS) is 10.5. The molecule has 0 atom stereocenters. The number of hydrazone groups is 1. The monoisotopic (exact) mass is 365 g/mol. The Balaban J connectivity index is 1.95. The van der Waals surface area contributed by atoms with Gasteiger partial charge in [0.05, 0.1) is 6.21 Å². The minimum Gasteiger partial charge on any atom is -0.504 e. The fourth-order valence-corrected chi connectivity index (χ4v) is 2.11. The van der Waals surface area contributed by atoms with Gasteiger partial charge in [0.15, 0.2) is 16.6 Å². The predicted octanol–water partition coefficient (Wildman–Crippen LogP) is 3.18. The van der Waals surface area contributed by atoms with Crippen molar-refractivity contribution in [1.29, 1.82) is 0 Å². The summed E-state index contributed by atoms with van der Waals surface area (Å²) in [5.41, 5.74) is 3.83. The van der Waals surface area contributed by atoms with Crippen LogP contribution in [0.4, 0.5) is 5.69 Å². The lowest BCUT2D eigenvalue weighted by Crippen LogP contribution is -2.23. The van der Waals surface area contributed by atoms with Gasteiger partial charge in [0, 0.05) is 15.7 Å². The Labute approximate surface area is 135 Å². The second kappa shape index (κ2) is 7.05. The first-order valence-corrected chi connectivity index (χ1v) is 7.13. The van der Waals surface area contributed by atoms with Crippen LogP contribution in [0.5, 0.6) is 11.5 Å². The highest BCUT2D eigenvalue weighted by Gasteiger charge is 2.02. The highest BCUT2D eigenvalue weighted by atomic mass is 79.9. The SMILES string of the molecule is Oc1cccc(/C=N/NC(=S)Nc2cccc(Br)c2)c1O. The van der Waals surface area contributed by atoms with Crippen LogP contribution in [0.3, 0.4) is 0 Å². The fourth-order valence-electron chi connectivity index (χ4n) is 1.54. The summed E-state index contributed by atoms with van der Waals surface area (Å²) in [4.78, 5) is 0. The Kier molecular flexibility index (Phi) is 5.13. The number of nitrogens with zero attached hydrogens (tertiary/aromatic N) is 1. The molecule has 2 aromatic rings. The summed E-state index contributed by atoms with van der Waals surface area (Å²) >= 11 is 8.46. The van der Waals surface area contributed by atoms with Gasteiger partial charge in [-0.2, -0.15) is 5.10 Å². The van der Waals surface area contributed by atoms with Gasteiger partial charge in [-0.3, -0.25) is 5.43 Å². The van der Waals surface area contributed by atoms with E-state index in [4.69, 9.17) is 12.2 Å². The van der Waals surface area contributed by atoms with Crippen molar-refractivity contribution in [2.45, 2.75) is 0 Å². The number of phenols is 2. The lowest BCUT2D eigenvalue weighted by atomic mass is 10.2. The van der Waals surface area contributed by atoms with Crippen molar-refractivity contribution < 1.29 is 10.2 Å². The van der Waals surface area contributed by atoms with Crippen molar-refractivity contribution in [1.82, 2.24) is 5.43 Å². The molecular formula is C14H12BrN3O2S. The Bertz CT molecular complexity index is 692. The lowest BCUT2D eigenvalue weighted by Gasteiger charge is -2.07. The number of benzene rings is 2. The number of phenolic OH excluding ortho intramolecular Hbond substituents is 2. The first kappa shape index (κ1) is 15.3. The first-order chi connectivity index (χ1) is 10.1. The molecule has 0 bridgehead atoms. The second-order valence-corrected chi connectivity index (χ2v) is 5.37. The van der Waals surface area contributed by atoms with Gasteiger partial charge in [0.1, 0.15) is 0 Å². The van der Waals surface area contributed by atoms with Gasteiger partial charge < -0.3 is 15.5 Å². The molecule has 5 nitrogen and oxygen atoms in total. The maximum atomic E-state index is 9.61. The third-order valence-corrected chi connectivity index (χ3v) is 3.18. The number of rotatable bonds is 3. The number of anilines is 1. The van der Waals surface area contributed by atoms with E-state index in [0.717, 1.165) is 10.2 Å². The number of para-hydroxylation sites is 1. The first-order valence-electron chi connectivity index (χ1n) is 5.93. The molecule has 0 amide bonds. The summed E-state index contributed by atoms with van der Waals surface area (Å²) in [6.45, 7) is 0. The van der Waals surface area contributed by atoms with Crippen LogP contribution in [-0.4, -0.2) is 21.5 Å². The summed E-state index contributed by atoms with van der Waals surface area (Å²) in [5, 5.41) is 26.1. The van der Waals surface area contributed by atoms with Crippen molar-refractivity contribution in [3.63, 3.8) is 0 Å². The van der Waals surface area contributed by atoms with E-state index in [0.29, 0.717) is 10.7 Å². The number of halogens is 1. The third kappa shape index (κ3) is 4.44.